The third kappa shape index (κ3) is 1.62. The van der Waals surface area contributed by atoms with E-state index in [1.54, 1.807) is 19.3 Å². The van der Waals surface area contributed by atoms with E-state index in [2.05, 4.69) is 11.6 Å². The minimum Gasteiger partial charge on any atom is -0.481 e. The summed E-state index contributed by atoms with van der Waals surface area (Å²) in [6, 6.07) is 3.68. The van der Waals surface area contributed by atoms with Crippen LogP contribution in [0.25, 0.3) is 6.08 Å². The standard InChI is InChI=1S/C9H12N2O/c1-3-7-4-5-9(12-2)11-8(7)6-10/h3-5H,1,6,10H2,2H3. The fraction of sp³-hybridized carbons (Fsp3) is 0.222. The number of hydrogen-bond acceptors (Lipinski definition) is 3. The van der Waals surface area contributed by atoms with E-state index in [4.69, 9.17) is 10.5 Å². The van der Waals surface area contributed by atoms with E-state index in [1.165, 1.54) is 0 Å². The largest absolute Gasteiger partial charge is 0.481 e. The van der Waals surface area contributed by atoms with Gasteiger partial charge < -0.3 is 10.5 Å². The number of nitrogens with two attached hydrogens (primary N) is 1. The summed E-state index contributed by atoms with van der Waals surface area (Å²) in [6.45, 7) is 4.06. The SMILES string of the molecule is C=Cc1ccc(OC)nc1CN. The summed E-state index contributed by atoms with van der Waals surface area (Å²) in [7, 11) is 1.58. The molecule has 0 aromatic carbocycles. The molecule has 0 atom stereocenters. The van der Waals surface area contributed by atoms with Gasteiger partial charge in [0, 0.05) is 12.6 Å². The van der Waals surface area contributed by atoms with Crippen LogP contribution in [0.2, 0.25) is 0 Å². The molecule has 0 amide bonds. The Bertz CT molecular complexity index is 284. The molecule has 2 N–H and O–H groups in total. The Balaban J connectivity index is 3.10. The molecule has 1 aromatic rings. The van der Waals surface area contributed by atoms with Gasteiger partial charge in [0.05, 0.1) is 12.8 Å². The smallest absolute Gasteiger partial charge is 0.213 e. The highest BCUT2D eigenvalue weighted by Gasteiger charge is 2.00. The molecular weight excluding hydrogens is 152 g/mol. The lowest BCUT2D eigenvalue weighted by molar-refractivity contribution is 0.396. The first-order chi connectivity index (χ1) is 5.81. The molecule has 3 heteroatoms. The zero-order valence-corrected chi connectivity index (χ0v) is 7.08. The Kier molecular flexibility index (Phi) is 2.82. The van der Waals surface area contributed by atoms with Crippen LogP contribution in [0.3, 0.4) is 0 Å². The van der Waals surface area contributed by atoms with Crippen LogP contribution in [0.5, 0.6) is 5.88 Å². The molecule has 0 saturated heterocycles. The van der Waals surface area contributed by atoms with Gasteiger partial charge in [0.2, 0.25) is 5.88 Å². The van der Waals surface area contributed by atoms with Gasteiger partial charge in [-0.1, -0.05) is 12.7 Å². The number of nitrogens with zero attached hydrogens (tertiary/aromatic N) is 1. The molecule has 1 rings (SSSR count). The Labute approximate surface area is 71.9 Å². The first-order valence-corrected chi connectivity index (χ1v) is 3.68. The van der Waals surface area contributed by atoms with E-state index < -0.39 is 0 Å². The van der Waals surface area contributed by atoms with Crippen molar-refractivity contribution >= 4 is 6.08 Å². The zero-order chi connectivity index (χ0) is 8.97. The van der Waals surface area contributed by atoms with Gasteiger partial charge in [-0.15, -0.1) is 0 Å². The predicted octanol–water partition coefficient (Wildman–Crippen LogP) is 1.19. The maximum absolute atomic E-state index is 5.48. The van der Waals surface area contributed by atoms with Crippen molar-refractivity contribution in [1.82, 2.24) is 4.98 Å². The number of hydrogen-bond donors (Lipinski definition) is 1. The summed E-state index contributed by atoms with van der Waals surface area (Å²) in [6.07, 6.45) is 1.73. The van der Waals surface area contributed by atoms with Crippen LogP contribution in [0, 0.1) is 0 Å². The molecule has 0 aliphatic heterocycles. The summed E-state index contributed by atoms with van der Waals surface area (Å²) < 4.78 is 4.96. The van der Waals surface area contributed by atoms with Gasteiger partial charge in [0.25, 0.3) is 0 Å². The van der Waals surface area contributed by atoms with Gasteiger partial charge in [-0.05, 0) is 11.6 Å². The minimum absolute atomic E-state index is 0.401. The van der Waals surface area contributed by atoms with Crippen LogP contribution in [0.15, 0.2) is 18.7 Å². The van der Waals surface area contributed by atoms with Crippen molar-refractivity contribution in [2.45, 2.75) is 6.54 Å². The van der Waals surface area contributed by atoms with Crippen LogP contribution in [-0.2, 0) is 6.54 Å². The van der Waals surface area contributed by atoms with Crippen molar-refractivity contribution in [2.24, 2.45) is 5.73 Å². The average molecular weight is 164 g/mol. The first-order valence-electron chi connectivity index (χ1n) is 3.68. The van der Waals surface area contributed by atoms with Gasteiger partial charge in [-0.3, -0.25) is 0 Å². The second-order valence-corrected chi connectivity index (χ2v) is 2.30. The molecule has 0 radical (unpaired) electrons. The second kappa shape index (κ2) is 3.88. The normalized spacial score (nSPS) is 9.50. The van der Waals surface area contributed by atoms with Crippen LogP contribution in [0.1, 0.15) is 11.3 Å². The fourth-order valence-corrected chi connectivity index (χ4v) is 0.955. The van der Waals surface area contributed by atoms with Gasteiger partial charge in [0.15, 0.2) is 0 Å². The highest BCUT2D eigenvalue weighted by Crippen LogP contribution is 2.12. The van der Waals surface area contributed by atoms with E-state index in [0.717, 1.165) is 11.3 Å². The molecule has 0 aliphatic carbocycles. The molecule has 0 bridgehead atoms. The fourth-order valence-electron chi connectivity index (χ4n) is 0.955. The van der Waals surface area contributed by atoms with Crippen LogP contribution >= 0.6 is 0 Å². The zero-order valence-electron chi connectivity index (χ0n) is 7.08. The summed E-state index contributed by atoms with van der Waals surface area (Å²) in [5.74, 6) is 0.584. The number of ether oxygens (including phenoxy) is 1. The van der Waals surface area contributed by atoms with Crippen molar-refractivity contribution in [3.63, 3.8) is 0 Å². The third-order valence-electron chi connectivity index (χ3n) is 1.61. The van der Waals surface area contributed by atoms with Crippen molar-refractivity contribution in [3.05, 3.63) is 30.0 Å². The molecule has 3 nitrogen and oxygen atoms in total. The van der Waals surface area contributed by atoms with Crippen molar-refractivity contribution in [2.75, 3.05) is 7.11 Å². The quantitative estimate of drug-likeness (QED) is 0.730. The van der Waals surface area contributed by atoms with Gasteiger partial charge in [0.1, 0.15) is 0 Å². The highest BCUT2D eigenvalue weighted by atomic mass is 16.5. The number of aromatic nitrogens is 1. The lowest BCUT2D eigenvalue weighted by atomic mass is 10.2. The number of rotatable bonds is 3. The van der Waals surface area contributed by atoms with E-state index in [-0.39, 0.29) is 0 Å². The van der Waals surface area contributed by atoms with Crippen molar-refractivity contribution in [3.8, 4) is 5.88 Å². The molecule has 0 unspecified atom stereocenters. The van der Waals surface area contributed by atoms with Gasteiger partial charge in [-0.25, -0.2) is 4.98 Å². The maximum atomic E-state index is 5.48. The van der Waals surface area contributed by atoms with Crippen LogP contribution in [0.4, 0.5) is 0 Å². The summed E-state index contributed by atoms with van der Waals surface area (Å²) >= 11 is 0. The Hall–Kier alpha value is -1.35. The Morgan fingerprint density at radius 2 is 2.42 bits per heavy atom. The molecule has 0 saturated carbocycles. The highest BCUT2D eigenvalue weighted by molar-refractivity contribution is 5.50. The van der Waals surface area contributed by atoms with Gasteiger partial charge >= 0.3 is 0 Å². The molecule has 12 heavy (non-hydrogen) atoms. The molecule has 0 aliphatic rings. The third-order valence-corrected chi connectivity index (χ3v) is 1.61. The monoisotopic (exact) mass is 164 g/mol. The lowest BCUT2D eigenvalue weighted by Gasteiger charge is -2.04. The Morgan fingerprint density at radius 1 is 1.67 bits per heavy atom. The van der Waals surface area contributed by atoms with Gasteiger partial charge in [-0.2, -0.15) is 0 Å². The lowest BCUT2D eigenvalue weighted by Crippen LogP contribution is -2.03. The first kappa shape index (κ1) is 8.74. The van der Waals surface area contributed by atoms with Crippen molar-refractivity contribution in [1.29, 1.82) is 0 Å². The molecule has 1 aromatic heterocycles. The van der Waals surface area contributed by atoms with E-state index >= 15 is 0 Å². The molecule has 0 spiro atoms. The maximum Gasteiger partial charge on any atom is 0.213 e. The average Bonchev–Trinajstić information content (AvgIpc) is 2.16. The predicted molar refractivity (Wildman–Crippen MR) is 48.8 cm³/mol. The van der Waals surface area contributed by atoms with E-state index in [1.807, 2.05) is 6.07 Å². The minimum atomic E-state index is 0.401. The Morgan fingerprint density at radius 3 is 2.92 bits per heavy atom. The van der Waals surface area contributed by atoms with Crippen molar-refractivity contribution < 1.29 is 4.74 Å². The summed E-state index contributed by atoms with van der Waals surface area (Å²) in [4.78, 5) is 4.16. The molecule has 1 heterocycles. The number of pyridine rings is 1. The second-order valence-electron chi connectivity index (χ2n) is 2.30. The molecular formula is C9H12N2O. The topological polar surface area (TPSA) is 48.1 Å². The van der Waals surface area contributed by atoms with Crippen LogP contribution in [-0.4, -0.2) is 12.1 Å². The van der Waals surface area contributed by atoms with Crippen LogP contribution < -0.4 is 10.5 Å². The molecule has 0 fully saturated rings. The summed E-state index contributed by atoms with van der Waals surface area (Å²) in [5.41, 5.74) is 7.25. The number of methoxy groups -OCH3 is 1. The van der Waals surface area contributed by atoms with E-state index in [0.29, 0.717) is 12.4 Å². The summed E-state index contributed by atoms with van der Waals surface area (Å²) in [5, 5.41) is 0. The molecule has 64 valence electrons. The van der Waals surface area contributed by atoms with E-state index in [9.17, 15) is 0 Å².